The monoisotopic (exact) mass is 356 g/mol. The van der Waals surface area contributed by atoms with Crippen LogP contribution in [0.3, 0.4) is 0 Å². The Hall–Kier alpha value is -2.70. The van der Waals surface area contributed by atoms with Gasteiger partial charge in [-0.05, 0) is 31.2 Å². The van der Waals surface area contributed by atoms with E-state index in [2.05, 4.69) is 15.5 Å². The number of likely N-dealkylation sites (tertiary alicyclic amines) is 1. The van der Waals surface area contributed by atoms with Crippen molar-refractivity contribution >= 4 is 11.8 Å². The third kappa shape index (κ3) is 4.47. The fourth-order valence-corrected chi connectivity index (χ4v) is 3.29. The maximum Gasteiger partial charge on any atom is 0.241 e. The van der Waals surface area contributed by atoms with Crippen LogP contribution in [0.5, 0.6) is 0 Å². The molecule has 1 aromatic carbocycles. The Bertz CT molecular complexity index is 787. The first-order chi connectivity index (χ1) is 12.5. The van der Waals surface area contributed by atoms with Crippen LogP contribution in [0.1, 0.15) is 31.2 Å². The van der Waals surface area contributed by atoms with Crippen LogP contribution >= 0.6 is 0 Å². The molecule has 1 aromatic heterocycles. The van der Waals surface area contributed by atoms with E-state index >= 15 is 0 Å². The number of aryl methyl sites for hydroxylation is 1. The van der Waals surface area contributed by atoms with E-state index in [4.69, 9.17) is 4.52 Å². The summed E-state index contributed by atoms with van der Waals surface area (Å²) in [6.45, 7) is 4.87. The molecule has 0 saturated carbocycles. The number of carbonyl (C=O) groups is 2. The molecule has 2 aromatic rings. The van der Waals surface area contributed by atoms with E-state index in [1.165, 1.54) is 6.92 Å². The van der Waals surface area contributed by atoms with Crippen molar-refractivity contribution < 1.29 is 14.1 Å². The molecular weight excluding hydrogens is 332 g/mol. The molecule has 1 N–H and O–H groups in total. The number of benzene rings is 1. The quantitative estimate of drug-likeness (QED) is 0.885. The summed E-state index contributed by atoms with van der Waals surface area (Å²) in [7, 11) is 0. The predicted molar refractivity (Wildman–Crippen MR) is 96.2 cm³/mol. The number of nitrogens with one attached hydrogen (secondary N) is 1. The highest BCUT2D eigenvalue weighted by Gasteiger charge is 2.25. The van der Waals surface area contributed by atoms with Crippen molar-refractivity contribution in [2.75, 3.05) is 19.6 Å². The Morgan fingerprint density at radius 2 is 2.15 bits per heavy atom. The number of hydrogen-bond donors (Lipinski definition) is 1. The summed E-state index contributed by atoms with van der Waals surface area (Å²) in [6, 6.07) is 7.94. The summed E-state index contributed by atoms with van der Waals surface area (Å²) in [6.07, 6.45) is 2.62. The summed E-state index contributed by atoms with van der Waals surface area (Å²) < 4.78 is 5.43. The van der Waals surface area contributed by atoms with Crippen LogP contribution in [0.25, 0.3) is 11.4 Å². The van der Waals surface area contributed by atoms with E-state index in [-0.39, 0.29) is 24.3 Å². The molecule has 0 spiro atoms. The van der Waals surface area contributed by atoms with Gasteiger partial charge in [0.05, 0.1) is 6.54 Å². The Morgan fingerprint density at radius 3 is 2.92 bits per heavy atom. The fourth-order valence-electron chi connectivity index (χ4n) is 3.29. The van der Waals surface area contributed by atoms with E-state index in [1.54, 1.807) is 0 Å². The second kappa shape index (κ2) is 8.12. The minimum atomic E-state index is -0.193. The third-order valence-electron chi connectivity index (χ3n) is 4.68. The highest BCUT2D eigenvalue weighted by Crippen LogP contribution is 2.23. The van der Waals surface area contributed by atoms with Crippen molar-refractivity contribution in [3.8, 4) is 11.4 Å². The zero-order valence-corrected chi connectivity index (χ0v) is 15.2. The first-order valence-electron chi connectivity index (χ1n) is 8.93. The molecule has 0 radical (unpaired) electrons. The van der Waals surface area contributed by atoms with Crippen molar-refractivity contribution in [2.45, 2.75) is 33.1 Å². The average Bonchev–Trinajstić information content (AvgIpc) is 3.08. The molecule has 7 heteroatoms. The first-order valence-corrected chi connectivity index (χ1v) is 8.93. The third-order valence-corrected chi connectivity index (χ3v) is 4.68. The number of piperidine rings is 1. The van der Waals surface area contributed by atoms with Crippen LogP contribution in [-0.4, -0.2) is 46.5 Å². The average molecular weight is 356 g/mol. The highest BCUT2D eigenvalue weighted by molar-refractivity contribution is 5.83. The predicted octanol–water partition coefficient (Wildman–Crippen LogP) is 1.96. The standard InChI is InChI=1S/C19H24N4O3/c1-13-6-3-4-8-16(13)19-21-17(26-22-19)10-15-7-5-9-23(12-15)18(25)11-20-14(2)24/h3-4,6,8,15H,5,7,9-12H2,1-2H3,(H,20,24). The number of nitrogens with zero attached hydrogens (tertiary/aromatic N) is 3. The number of aromatic nitrogens is 2. The van der Waals surface area contributed by atoms with E-state index in [0.717, 1.165) is 30.5 Å². The van der Waals surface area contributed by atoms with E-state index in [0.29, 0.717) is 24.7 Å². The van der Waals surface area contributed by atoms with Gasteiger partial charge in [0.1, 0.15) is 0 Å². The maximum atomic E-state index is 12.2. The molecule has 1 aliphatic rings. The molecule has 1 aliphatic heterocycles. The second-order valence-electron chi connectivity index (χ2n) is 6.79. The van der Waals surface area contributed by atoms with Crippen molar-refractivity contribution in [1.82, 2.24) is 20.4 Å². The van der Waals surface area contributed by atoms with Gasteiger partial charge in [0.2, 0.25) is 23.5 Å². The number of hydrogen-bond acceptors (Lipinski definition) is 5. The van der Waals surface area contributed by atoms with Crippen LogP contribution in [0, 0.1) is 12.8 Å². The molecule has 1 fully saturated rings. The first kappa shape index (κ1) is 18.1. The SMILES string of the molecule is CC(=O)NCC(=O)N1CCCC(Cc2nc(-c3ccccc3C)no2)C1. The lowest BCUT2D eigenvalue weighted by atomic mass is 9.94. The molecule has 0 bridgehead atoms. The molecule has 2 amide bonds. The molecule has 1 saturated heterocycles. The summed E-state index contributed by atoms with van der Waals surface area (Å²) in [5.41, 5.74) is 2.07. The molecule has 0 aliphatic carbocycles. The van der Waals surface area contributed by atoms with Gasteiger partial charge in [-0.25, -0.2) is 0 Å². The lowest BCUT2D eigenvalue weighted by Crippen LogP contribution is -2.45. The number of amides is 2. The minimum Gasteiger partial charge on any atom is -0.347 e. The second-order valence-corrected chi connectivity index (χ2v) is 6.79. The van der Waals surface area contributed by atoms with Crippen LogP contribution in [-0.2, 0) is 16.0 Å². The Kier molecular flexibility index (Phi) is 5.65. The van der Waals surface area contributed by atoms with Gasteiger partial charge in [-0.3, -0.25) is 9.59 Å². The molecular formula is C19H24N4O3. The smallest absolute Gasteiger partial charge is 0.241 e. The summed E-state index contributed by atoms with van der Waals surface area (Å²) >= 11 is 0. The Morgan fingerprint density at radius 1 is 1.35 bits per heavy atom. The van der Waals surface area contributed by atoms with Gasteiger partial charge >= 0.3 is 0 Å². The number of carbonyl (C=O) groups excluding carboxylic acids is 2. The van der Waals surface area contributed by atoms with Gasteiger partial charge in [0, 0.05) is 32.0 Å². The van der Waals surface area contributed by atoms with E-state index in [9.17, 15) is 9.59 Å². The molecule has 1 atom stereocenters. The molecule has 26 heavy (non-hydrogen) atoms. The topological polar surface area (TPSA) is 88.3 Å². The lowest BCUT2D eigenvalue weighted by molar-refractivity contribution is -0.134. The van der Waals surface area contributed by atoms with Crippen LogP contribution in [0.4, 0.5) is 0 Å². The Labute approximate surface area is 152 Å². The molecule has 3 rings (SSSR count). The summed E-state index contributed by atoms with van der Waals surface area (Å²) in [5.74, 6) is 1.25. The van der Waals surface area contributed by atoms with Gasteiger partial charge in [0.25, 0.3) is 0 Å². The van der Waals surface area contributed by atoms with E-state index in [1.807, 2.05) is 36.1 Å². The van der Waals surface area contributed by atoms with E-state index < -0.39 is 0 Å². The van der Waals surface area contributed by atoms with Gasteiger partial charge in [-0.1, -0.05) is 29.4 Å². The van der Waals surface area contributed by atoms with Crippen molar-refractivity contribution in [1.29, 1.82) is 0 Å². The van der Waals surface area contributed by atoms with Crippen LogP contribution in [0.2, 0.25) is 0 Å². The zero-order valence-electron chi connectivity index (χ0n) is 15.2. The van der Waals surface area contributed by atoms with Crippen LogP contribution < -0.4 is 5.32 Å². The highest BCUT2D eigenvalue weighted by atomic mass is 16.5. The Balaban J connectivity index is 1.60. The normalized spacial score (nSPS) is 17.2. The van der Waals surface area contributed by atoms with Crippen LogP contribution in [0.15, 0.2) is 28.8 Å². The lowest BCUT2D eigenvalue weighted by Gasteiger charge is -2.32. The molecule has 138 valence electrons. The summed E-state index contributed by atoms with van der Waals surface area (Å²) in [4.78, 5) is 29.5. The van der Waals surface area contributed by atoms with Gasteiger partial charge in [-0.15, -0.1) is 0 Å². The minimum absolute atomic E-state index is 0.0453. The fraction of sp³-hybridized carbons (Fsp3) is 0.474. The largest absolute Gasteiger partial charge is 0.347 e. The van der Waals surface area contributed by atoms with Gasteiger partial charge < -0.3 is 14.7 Å². The van der Waals surface area contributed by atoms with Crippen molar-refractivity contribution in [3.05, 3.63) is 35.7 Å². The van der Waals surface area contributed by atoms with Gasteiger partial charge in [-0.2, -0.15) is 4.98 Å². The van der Waals surface area contributed by atoms with Crippen molar-refractivity contribution in [3.63, 3.8) is 0 Å². The molecule has 7 nitrogen and oxygen atoms in total. The van der Waals surface area contributed by atoms with Gasteiger partial charge in [0.15, 0.2) is 0 Å². The molecule has 2 heterocycles. The molecule has 1 unspecified atom stereocenters. The maximum absolute atomic E-state index is 12.2. The zero-order chi connectivity index (χ0) is 18.5. The summed E-state index contributed by atoms with van der Waals surface area (Å²) in [5, 5.41) is 6.66. The number of rotatable bonds is 5. The van der Waals surface area contributed by atoms with Crippen molar-refractivity contribution in [2.24, 2.45) is 5.92 Å².